The van der Waals surface area contributed by atoms with Gasteiger partial charge >= 0.3 is 0 Å². The minimum Gasteiger partial charge on any atom is -0.396 e. The van der Waals surface area contributed by atoms with Gasteiger partial charge in [-0.05, 0) is 12.1 Å². The summed E-state index contributed by atoms with van der Waals surface area (Å²) in [5, 5.41) is 7.52. The highest BCUT2D eigenvalue weighted by Gasteiger charge is 2.10. The van der Waals surface area contributed by atoms with Crippen molar-refractivity contribution in [3.8, 4) is 0 Å². The molecule has 0 fully saturated rings. The highest BCUT2D eigenvalue weighted by molar-refractivity contribution is 5.57. The molecule has 1 heterocycles. The Morgan fingerprint density at radius 3 is 3.09 bits per heavy atom. The molecule has 2 N–H and O–H groups in total. The summed E-state index contributed by atoms with van der Waals surface area (Å²) in [5.41, 5.74) is 6.93. The molecule has 1 aliphatic rings. The largest absolute Gasteiger partial charge is 0.396 e. The first-order valence-electron chi connectivity index (χ1n) is 3.23. The van der Waals surface area contributed by atoms with Gasteiger partial charge in [0.25, 0.3) is 0 Å². The van der Waals surface area contributed by atoms with Gasteiger partial charge in [-0.15, -0.1) is 0 Å². The van der Waals surface area contributed by atoms with E-state index in [4.69, 9.17) is 5.73 Å². The van der Waals surface area contributed by atoms with E-state index in [9.17, 15) is 4.39 Å². The van der Waals surface area contributed by atoms with Crippen LogP contribution in [0.4, 0.5) is 15.8 Å². The van der Waals surface area contributed by atoms with Crippen LogP contribution in [0.15, 0.2) is 22.4 Å². The van der Waals surface area contributed by atoms with Crippen LogP contribution in [-0.4, -0.2) is 0 Å². The molecule has 3 nitrogen and oxygen atoms in total. The lowest BCUT2D eigenvalue weighted by molar-refractivity contribution is 0.631. The minimum absolute atomic E-state index is 0.129. The number of azo groups is 1. The summed E-state index contributed by atoms with van der Waals surface area (Å²) >= 11 is 0. The van der Waals surface area contributed by atoms with Crippen molar-refractivity contribution >= 4 is 11.4 Å². The summed E-state index contributed by atoms with van der Waals surface area (Å²) in [7, 11) is 0. The maximum atomic E-state index is 12.8. The fourth-order valence-corrected chi connectivity index (χ4v) is 1.03. The van der Waals surface area contributed by atoms with Crippen molar-refractivity contribution in [1.82, 2.24) is 0 Å². The second kappa shape index (κ2) is 2.02. The Kier molecular flexibility index (Phi) is 1.15. The number of hydrogen-bond acceptors (Lipinski definition) is 3. The van der Waals surface area contributed by atoms with E-state index >= 15 is 0 Å². The van der Waals surface area contributed by atoms with Gasteiger partial charge in [-0.2, -0.15) is 10.2 Å². The van der Waals surface area contributed by atoms with Gasteiger partial charge in [-0.1, -0.05) is 0 Å². The van der Waals surface area contributed by atoms with Crippen LogP contribution in [-0.2, 0) is 6.54 Å². The standard InChI is InChI=1S/C7H6FN3/c8-5-1-4-3-10-11-7(4)2-6(5)9/h1-2H,3,9H2. The molecule has 0 amide bonds. The first-order valence-corrected chi connectivity index (χ1v) is 3.23. The molecule has 11 heavy (non-hydrogen) atoms. The molecule has 0 saturated carbocycles. The number of rotatable bonds is 0. The number of fused-ring (bicyclic) bond motifs is 1. The van der Waals surface area contributed by atoms with Crippen molar-refractivity contribution in [2.75, 3.05) is 5.73 Å². The second-order valence-corrected chi connectivity index (χ2v) is 2.40. The van der Waals surface area contributed by atoms with Crippen LogP contribution in [0.3, 0.4) is 0 Å². The fourth-order valence-electron chi connectivity index (χ4n) is 1.03. The molecule has 56 valence electrons. The van der Waals surface area contributed by atoms with Gasteiger partial charge in [0.05, 0.1) is 17.9 Å². The zero-order chi connectivity index (χ0) is 7.84. The maximum absolute atomic E-state index is 12.8. The number of nitrogens with zero attached hydrogens (tertiary/aromatic N) is 2. The quantitative estimate of drug-likeness (QED) is 0.566. The number of nitrogens with two attached hydrogens (primary N) is 1. The number of halogens is 1. The Hall–Kier alpha value is -1.45. The average molecular weight is 151 g/mol. The van der Waals surface area contributed by atoms with E-state index < -0.39 is 5.82 Å². The molecule has 0 bridgehead atoms. The van der Waals surface area contributed by atoms with Gasteiger partial charge in [0.1, 0.15) is 5.82 Å². The second-order valence-electron chi connectivity index (χ2n) is 2.40. The van der Waals surface area contributed by atoms with Crippen LogP contribution >= 0.6 is 0 Å². The fraction of sp³-hybridized carbons (Fsp3) is 0.143. The molecule has 1 aromatic rings. The lowest BCUT2D eigenvalue weighted by Crippen LogP contribution is -1.90. The van der Waals surface area contributed by atoms with Crippen molar-refractivity contribution < 1.29 is 4.39 Å². The van der Waals surface area contributed by atoms with Crippen LogP contribution in [0.2, 0.25) is 0 Å². The van der Waals surface area contributed by atoms with Crippen molar-refractivity contribution in [3.63, 3.8) is 0 Å². The van der Waals surface area contributed by atoms with Gasteiger partial charge in [-0.25, -0.2) is 4.39 Å². The number of benzene rings is 1. The topological polar surface area (TPSA) is 50.7 Å². The highest BCUT2D eigenvalue weighted by atomic mass is 19.1. The van der Waals surface area contributed by atoms with E-state index in [0.29, 0.717) is 12.2 Å². The summed E-state index contributed by atoms with van der Waals surface area (Å²) in [6.45, 7) is 0.465. The van der Waals surface area contributed by atoms with E-state index in [1.807, 2.05) is 0 Å². The monoisotopic (exact) mass is 151 g/mol. The third-order valence-electron chi connectivity index (χ3n) is 1.62. The molecule has 0 spiro atoms. The third-order valence-corrected chi connectivity index (χ3v) is 1.62. The smallest absolute Gasteiger partial charge is 0.146 e. The maximum Gasteiger partial charge on any atom is 0.146 e. The van der Waals surface area contributed by atoms with Gasteiger partial charge < -0.3 is 5.73 Å². The van der Waals surface area contributed by atoms with Crippen molar-refractivity contribution in [2.24, 2.45) is 10.2 Å². The summed E-state index contributed by atoms with van der Waals surface area (Å²) in [5.74, 6) is -0.393. The molecule has 0 aromatic heterocycles. The van der Waals surface area contributed by atoms with E-state index in [2.05, 4.69) is 10.2 Å². The highest BCUT2D eigenvalue weighted by Crippen LogP contribution is 2.30. The van der Waals surface area contributed by atoms with Crippen LogP contribution in [0, 0.1) is 5.82 Å². The molecule has 0 atom stereocenters. The first kappa shape index (κ1) is 6.27. The van der Waals surface area contributed by atoms with E-state index in [1.54, 1.807) is 0 Å². The number of anilines is 1. The van der Waals surface area contributed by atoms with Crippen molar-refractivity contribution in [1.29, 1.82) is 0 Å². The van der Waals surface area contributed by atoms with Crippen molar-refractivity contribution in [3.05, 3.63) is 23.5 Å². The van der Waals surface area contributed by atoms with Crippen LogP contribution in [0.1, 0.15) is 5.56 Å². The first-order chi connectivity index (χ1) is 5.27. The summed E-state index contributed by atoms with van der Waals surface area (Å²) in [6.07, 6.45) is 0. The van der Waals surface area contributed by atoms with E-state index in [0.717, 1.165) is 5.56 Å². The molecule has 0 saturated heterocycles. The van der Waals surface area contributed by atoms with E-state index in [-0.39, 0.29) is 5.69 Å². The van der Waals surface area contributed by atoms with Crippen LogP contribution < -0.4 is 5.73 Å². The molecule has 0 aliphatic carbocycles. The molecule has 0 radical (unpaired) electrons. The molecule has 1 aliphatic heterocycles. The summed E-state index contributed by atoms with van der Waals surface area (Å²) in [4.78, 5) is 0. The molecule has 2 rings (SSSR count). The van der Waals surface area contributed by atoms with Crippen LogP contribution in [0.25, 0.3) is 0 Å². The Balaban J connectivity index is 2.63. The van der Waals surface area contributed by atoms with Gasteiger partial charge in [-0.3, -0.25) is 0 Å². The van der Waals surface area contributed by atoms with Gasteiger partial charge in [0.2, 0.25) is 0 Å². The molecular weight excluding hydrogens is 145 g/mol. The third kappa shape index (κ3) is 0.869. The zero-order valence-electron chi connectivity index (χ0n) is 5.71. The Bertz CT molecular complexity index is 333. The van der Waals surface area contributed by atoms with Crippen molar-refractivity contribution in [2.45, 2.75) is 6.54 Å². The Morgan fingerprint density at radius 2 is 2.27 bits per heavy atom. The molecular formula is C7H6FN3. The lowest BCUT2D eigenvalue weighted by atomic mass is 10.1. The SMILES string of the molecule is Nc1cc2c(cc1F)CN=N2. The summed E-state index contributed by atoms with van der Waals surface area (Å²) < 4.78 is 12.8. The van der Waals surface area contributed by atoms with E-state index in [1.165, 1.54) is 12.1 Å². The Morgan fingerprint density at radius 1 is 1.45 bits per heavy atom. The average Bonchev–Trinajstić information content (AvgIpc) is 2.36. The molecule has 4 heteroatoms. The predicted molar refractivity (Wildman–Crippen MR) is 39.0 cm³/mol. The molecule has 0 unspecified atom stereocenters. The van der Waals surface area contributed by atoms with Gasteiger partial charge in [0, 0.05) is 5.56 Å². The predicted octanol–water partition coefficient (Wildman–Crippen LogP) is 2.01. The zero-order valence-corrected chi connectivity index (χ0v) is 5.71. The Labute approximate surface area is 62.7 Å². The molecule has 1 aromatic carbocycles. The lowest BCUT2D eigenvalue weighted by Gasteiger charge is -1.98. The summed E-state index contributed by atoms with van der Waals surface area (Å²) in [6, 6.07) is 2.88. The number of nitrogen functional groups attached to an aromatic ring is 1. The minimum atomic E-state index is -0.393. The van der Waals surface area contributed by atoms with Gasteiger partial charge in [0.15, 0.2) is 0 Å². The number of hydrogen-bond donors (Lipinski definition) is 1. The normalized spacial score (nSPS) is 13.5. The van der Waals surface area contributed by atoms with Crippen LogP contribution in [0.5, 0.6) is 0 Å².